The van der Waals surface area contributed by atoms with Crippen molar-refractivity contribution in [1.82, 2.24) is 37.2 Å². The third-order valence-corrected chi connectivity index (χ3v) is 21.5. The minimum Gasteiger partial charge on any atom is -0.508 e. The molecule has 590 valence electrons. The molecule has 14 N–H and O–H groups in total. The van der Waals surface area contributed by atoms with Gasteiger partial charge in [-0.2, -0.15) is 21.4 Å². The molecule has 3 aliphatic heterocycles. The van der Waals surface area contributed by atoms with Crippen LogP contribution in [0.25, 0.3) is 0 Å². The molecule has 0 spiro atoms. The summed E-state index contributed by atoms with van der Waals surface area (Å²) in [5.41, 5.74) is 12.2. The van der Waals surface area contributed by atoms with Gasteiger partial charge in [0.15, 0.2) is 18.2 Å². The Labute approximate surface area is 638 Å². The van der Waals surface area contributed by atoms with Crippen LogP contribution in [-0.4, -0.2) is 215 Å². The van der Waals surface area contributed by atoms with Crippen LogP contribution in [-0.2, 0) is 77.5 Å². The summed E-state index contributed by atoms with van der Waals surface area (Å²) in [6, 6.07) is 16.9. The molecule has 4 atom stereocenters. The molecule has 0 unspecified atom stereocenters. The van der Waals surface area contributed by atoms with Crippen molar-refractivity contribution in [2.24, 2.45) is 5.73 Å². The third-order valence-electron chi connectivity index (χ3n) is 19.8. The number of ether oxygens (including phenoxy) is 1. The molecular formula is C78H108N13O16S2+3. The second-order valence-corrected chi connectivity index (χ2v) is 34.2. The summed E-state index contributed by atoms with van der Waals surface area (Å²) in [7, 11) is 3.75. The summed E-state index contributed by atoms with van der Waals surface area (Å²) in [5.74, 6) is -5.40. The predicted molar refractivity (Wildman–Crippen MR) is 413 cm³/mol. The Balaban J connectivity index is 1.03. The van der Waals surface area contributed by atoms with E-state index >= 15 is 0 Å². The van der Waals surface area contributed by atoms with Crippen LogP contribution >= 0.6 is 0 Å². The molecule has 31 heteroatoms. The quantitative estimate of drug-likeness (QED) is 0.00748. The number of carbonyl (C=O) groups is 7. The molecule has 6 amide bonds. The van der Waals surface area contributed by atoms with Gasteiger partial charge in [-0.1, -0.05) is 44.2 Å². The zero-order valence-corrected chi connectivity index (χ0v) is 65.6. The highest BCUT2D eigenvalue weighted by molar-refractivity contribution is 7.86. The normalized spacial score (nSPS) is 20.2. The number of nitrogens with zero attached hydrogens (tertiary/aromatic N) is 4. The number of benzene rings is 4. The van der Waals surface area contributed by atoms with Gasteiger partial charge < -0.3 is 71.8 Å². The average molecular weight is 1550 g/mol. The zero-order valence-electron chi connectivity index (χ0n) is 63.9. The number of anilines is 1. The van der Waals surface area contributed by atoms with Gasteiger partial charge in [0.1, 0.15) is 41.4 Å². The summed E-state index contributed by atoms with van der Waals surface area (Å²) in [6.45, 7) is 10.8. The summed E-state index contributed by atoms with van der Waals surface area (Å²) < 4.78 is 81.4. The van der Waals surface area contributed by atoms with E-state index in [4.69, 9.17) is 15.9 Å². The first kappa shape index (κ1) is 84.8. The van der Waals surface area contributed by atoms with Crippen LogP contribution in [0.15, 0.2) is 142 Å². The highest BCUT2D eigenvalue weighted by Crippen LogP contribution is 2.49. The fourth-order valence-corrected chi connectivity index (χ4v) is 15.0. The maximum atomic E-state index is 14.3. The monoisotopic (exact) mass is 1550 g/mol. The van der Waals surface area contributed by atoms with Gasteiger partial charge in [-0.3, -0.25) is 48.1 Å². The number of aliphatic carboxylic acids is 1. The molecule has 4 aliphatic rings. The van der Waals surface area contributed by atoms with E-state index in [0.29, 0.717) is 55.8 Å². The first-order valence-corrected chi connectivity index (χ1v) is 39.7. The molecule has 0 bridgehead atoms. The Kier molecular flexibility index (Phi) is 28.1. The van der Waals surface area contributed by atoms with E-state index in [-0.39, 0.29) is 79.0 Å². The van der Waals surface area contributed by atoms with E-state index in [1.807, 2.05) is 52.0 Å². The van der Waals surface area contributed by atoms with E-state index in [2.05, 4.69) is 113 Å². The maximum absolute atomic E-state index is 14.3. The average Bonchev–Trinajstić information content (AvgIpc) is 1.59. The number of aryl methyl sites for hydroxylation is 1. The number of phenols is 1. The number of aromatic hydroxyl groups is 1. The maximum Gasteiger partial charge on any atom is 0.305 e. The van der Waals surface area contributed by atoms with Gasteiger partial charge in [0, 0.05) is 73.4 Å². The Morgan fingerprint density at radius 1 is 0.679 bits per heavy atom. The number of nitrogens with one attached hydrogen (secondary N) is 8. The molecular weight excluding hydrogens is 1440 g/mol. The number of hydrogen-bond donors (Lipinski definition) is 13. The molecule has 29 nitrogen and oxygen atoms in total. The predicted octanol–water partition coefficient (Wildman–Crippen LogP) is 5.40. The number of amides is 6. The van der Waals surface area contributed by atoms with E-state index < -0.39 is 104 Å². The fourth-order valence-electron chi connectivity index (χ4n) is 14.0. The topological polar surface area (TPSA) is 418 Å². The van der Waals surface area contributed by atoms with Crippen LogP contribution in [0.4, 0.5) is 11.4 Å². The van der Waals surface area contributed by atoms with Crippen molar-refractivity contribution in [1.29, 1.82) is 5.41 Å². The molecule has 0 radical (unpaired) electrons. The van der Waals surface area contributed by atoms with Gasteiger partial charge in [0.25, 0.3) is 20.2 Å². The van der Waals surface area contributed by atoms with E-state index in [0.717, 1.165) is 91.9 Å². The SMILES string of the molecule is CC1(C)C(/C=C/C2=C(Oc3ccc(CCC(=O)NCCCC[C@@H]4NC(=O)[C@@H](Cc5ccc(O)cc5)NC(=O)[C@H](CC(=O)O)NC(=O)CNC(=O)[C@H](CCCNC(=N)N)NC4=O)cc3)C(=C/C=C3/N(CCC[N+](C)(C)C)c4ccc(S(=O)(=O)O)cc4C3(C)C)/CCC2)=[N+](CCC[N+](C)(C)C)c2ccc(S(=O)(=O)O)cc21. The molecule has 4 aromatic rings. The third kappa shape index (κ3) is 23.9. The second-order valence-electron chi connectivity index (χ2n) is 31.3. The van der Waals surface area contributed by atoms with Crippen molar-refractivity contribution in [3.63, 3.8) is 0 Å². The van der Waals surface area contributed by atoms with Crippen molar-refractivity contribution in [3.05, 3.63) is 154 Å². The Morgan fingerprint density at radius 2 is 1.27 bits per heavy atom. The zero-order chi connectivity index (χ0) is 80.0. The Bertz CT molecular complexity index is 4480. The molecule has 1 saturated heterocycles. The number of carbonyl (C=O) groups excluding carboxylic acids is 6. The molecule has 1 aliphatic carbocycles. The summed E-state index contributed by atoms with van der Waals surface area (Å²) in [4.78, 5) is 96.4. The number of phenolic OH excluding ortho intramolecular Hbond substituents is 1. The van der Waals surface area contributed by atoms with E-state index in [1.165, 1.54) is 36.4 Å². The number of nitrogens with two attached hydrogens (primary N) is 1. The van der Waals surface area contributed by atoms with E-state index in [9.17, 15) is 69.7 Å². The number of carboxylic acid groups (broad SMARTS) is 1. The minimum absolute atomic E-state index is 0.0182. The van der Waals surface area contributed by atoms with Gasteiger partial charge in [-0.25, -0.2) is 0 Å². The fraction of sp³-hybridized carbons (Fsp3) is 0.474. The lowest BCUT2D eigenvalue weighted by atomic mass is 9.81. The summed E-state index contributed by atoms with van der Waals surface area (Å²) >= 11 is 0. The molecule has 3 heterocycles. The van der Waals surface area contributed by atoms with Crippen molar-refractivity contribution < 1.29 is 88.0 Å². The van der Waals surface area contributed by atoms with Crippen LogP contribution in [0.3, 0.4) is 0 Å². The molecule has 1 fully saturated rings. The van der Waals surface area contributed by atoms with E-state index in [1.54, 1.807) is 24.3 Å². The van der Waals surface area contributed by atoms with Crippen LogP contribution < -0.4 is 52.6 Å². The number of guanidine groups is 1. The molecule has 0 saturated carbocycles. The lowest BCUT2D eigenvalue weighted by Crippen LogP contribution is -2.58. The molecule has 109 heavy (non-hydrogen) atoms. The second kappa shape index (κ2) is 36.2. The highest BCUT2D eigenvalue weighted by Gasteiger charge is 2.46. The summed E-state index contributed by atoms with van der Waals surface area (Å²) in [6.07, 6.45) is 12.1. The number of rotatable bonds is 31. The summed E-state index contributed by atoms with van der Waals surface area (Å²) in [5, 5.41) is 45.4. The number of carboxylic acids is 1. The van der Waals surface area contributed by atoms with Gasteiger partial charge in [0.2, 0.25) is 41.1 Å². The number of fused-ring (bicyclic) bond motifs is 2. The van der Waals surface area contributed by atoms with Crippen molar-refractivity contribution in [2.75, 3.05) is 93.0 Å². The number of hydrogen-bond acceptors (Lipinski definition) is 15. The minimum atomic E-state index is -4.52. The van der Waals surface area contributed by atoms with Crippen molar-refractivity contribution in [2.45, 2.75) is 162 Å². The van der Waals surface area contributed by atoms with Crippen molar-refractivity contribution in [3.8, 4) is 11.5 Å². The smallest absolute Gasteiger partial charge is 0.305 e. The van der Waals surface area contributed by atoms with Crippen LogP contribution in [0.1, 0.15) is 127 Å². The van der Waals surface area contributed by atoms with Crippen LogP contribution in [0.2, 0.25) is 0 Å². The lowest BCUT2D eigenvalue weighted by molar-refractivity contribution is -0.871. The standard InChI is InChI=1S/C78H105N13O16S2/c1-77(2)58-46-56(108(101,102)103)32-34-64(58)88(41-15-43-90(5,6)7)66(77)36-26-52-17-13-18-53(27-37-67-78(3,4)59-47-57(109(104,105)106)33-35-65(59)89(67)42-16-44-91(8,9)10)71(52)107-55-30-23-50(24-31-55)25-38-68(93)81-39-12-11-19-61-73(98)85-60(20-14-40-82-76(79)80)72(97)83-49-69(94)84-63(48-70(95)96)75(100)87-62(74(99)86-61)45-51-21-28-54(92)29-22-51/h21-24,26-37,46-47,60-63H,11-20,25,38-45,48-49H2,1-10H3,(H11-3,79,80,81,82,83,84,85,86,87,92,93,94,95,96,97,98,99,100,101,102,103,104,105,106)/p+3/t60-,61-,62+,63-/m0/s1. The van der Waals surface area contributed by atoms with Gasteiger partial charge in [-0.05, 0) is 166 Å². The van der Waals surface area contributed by atoms with Gasteiger partial charge in [-0.15, -0.1) is 0 Å². The number of allylic oxidation sites excluding steroid dienone is 7. The van der Waals surface area contributed by atoms with Crippen molar-refractivity contribution >= 4 is 84.7 Å². The van der Waals surface area contributed by atoms with Crippen LogP contribution in [0, 0.1) is 5.41 Å². The lowest BCUT2D eigenvalue weighted by Gasteiger charge is -2.29. The first-order chi connectivity index (χ1) is 51.1. The molecule has 0 aromatic heterocycles. The van der Waals surface area contributed by atoms with Gasteiger partial charge >= 0.3 is 5.97 Å². The highest BCUT2D eigenvalue weighted by atomic mass is 32.2. The first-order valence-electron chi connectivity index (χ1n) is 36.8. The van der Waals surface area contributed by atoms with Crippen LogP contribution in [0.5, 0.6) is 11.5 Å². The Morgan fingerprint density at radius 3 is 1.91 bits per heavy atom. The Hall–Kier alpha value is -9.79. The molecule has 4 aromatic carbocycles. The molecule has 8 rings (SSSR count). The van der Waals surface area contributed by atoms with Gasteiger partial charge in [0.05, 0.1) is 90.0 Å². The number of quaternary nitrogens is 2. The number of unbranched alkanes of at least 4 members (excludes halogenated alkanes) is 1. The largest absolute Gasteiger partial charge is 0.508 e.